The van der Waals surface area contributed by atoms with Crippen molar-refractivity contribution in [2.45, 2.75) is 26.2 Å². The monoisotopic (exact) mass is 293 g/mol. The zero-order valence-electron chi connectivity index (χ0n) is 12.6. The van der Waals surface area contributed by atoms with Crippen LogP contribution < -0.4 is 11.3 Å². The number of hydrogen-bond donors (Lipinski definition) is 1. The number of unbranched alkanes of at least 4 members (excludes halogenated alkanes) is 1. The third-order valence-electron chi connectivity index (χ3n) is 3.78. The number of fused-ring (bicyclic) bond motifs is 1. The lowest BCUT2D eigenvalue weighted by atomic mass is 10.0. The van der Waals surface area contributed by atoms with Crippen molar-refractivity contribution in [1.29, 1.82) is 0 Å². The number of pyridine rings is 1. The largest absolute Gasteiger partial charge is 0.399 e. The molecule has 3 rings (SSSR count). The number of rotatable bonds is 4. The molecule has 2 aromatic heterocycles. The van der Waals surface area contributed by atoms with Crippen LogP contribution in [0.5, 0.6) is 0 Å². The number of nitrogen functional groups attached to an aromatic ring is 1. The summed E-state index contributed by atoms with van der Waals surface area (Å²) < 4.78 is 1.60. The van der Waals surface area contributed by atoms with E-state index in [1.54, 1.807) is 10.6 Å². The molecule has 22 heavy (non-hydrogen) atoms. The van der Waals surface area contributed by atoms with E-state index >= 15 is 0 Å². The molecule has 0 bridgehead atoms. The lowest BCUT2D eigenvalue weighted by Gasteiger charge is -2.11. The van der Waals surface area contributed by atoms with Crippen LogP contribution in [0.4, 0.5) is 5.69 Å². The Morgan fingerprint density at radius 3 is 2.64 bits per heavy atom. The lowest BCUT2D eigenvalue weighted by Crippen LogP contribution is -2.19. The first kappa shape index (κ1) is 14.3. The van der Waals surface area contributed by atoms with Crippen LogP contribution in [0.1, 0.15) is 25.5 Å². The first-order chi connectivity index (χ1) is 10.7. The highest BCUT2D eigenvalue weighted by atomic mass is 16.1. The Balaban J connectivity index is 2.27. The lowest BCUT2D eigenvalue weighted by molar-refractivity contribution is 0.774. The van der Waals surface area contributed by atoms with Gasteiger partial charge in [0.2, 0.25) is 0 Å². The second kappa shape index (κ2) is 6.02. The van der Waals surface area contributed by atoms with Crippen molar-refractivity contribution in [2.24, 2.45) is 0 Å². The number of hydrogen-bond acceptors (Lipinski definition) is 3. The Bertz CT molecular complexity index is 850. The van der Waals surface area contributed by atoms with Gasteiger partial charge in [-0.25, -0.2) is 4.98 Å². The molecule has 1 aromatic carbocycles. The van der Waals surface area contributed by atoms with Gasteiger partial charge in [0.25, 0.3) is 5.56 Å². The van der Waals surface area contributed by atoms with Crippen molar-refractivity contribution >= 4 is 11.3 Å². The average molecular weight is 293 g/mol. The van der Waals surface area contributed by atoms with Gasteiger partial charge in [-0.3, -0.25) is 9.20 Å². The fourth-order valence-corrected chi connectivity index (χ4v) is 2.60. The molecule has 4 nitrogen and oxygen atoms in total. The van der Waals surface area contributed by atoms with Crippen LogP contribution in [0.25, 0.3) is 16.8 Å². The summed E-state index contributed by atoms with van der Waals surface area (Å²) in [6.07, 6.45) is 4.64. The zero-order valence-corrected chi connectivity index (χ0v) is 12.6. The number of anilines is 1. The Morgan fingerprint density at radius 1 is 1.14 bits per heavy atom. The van der Waals surface area contributed by atoms with Crippen molar-refractivity contribution in [3.8, 4) is 11.1 Å². The molecule has 4 heteroatoms. The minimum Gasteiger partial charge on any atom is -0.399 e. The molecule has 0 atom stereocenters. The van der Waals surface area contributed by atoms with Crippen molar-refractivity contribution in [3.05, 3.63) is 64.7 Å². The van der Waals surface area contributed by atoms with Gasteiger partial charge < -0.3 is 5.73 Å². The predicted molar refractivity (Wildman–Crippen MR) is 89.9 cm³/mol. The van der Waals surface area contributed by atoms with Gasteiger partial charge in [0, 0.05) is 11.9 Å². The van der Waals surface area contributed by atoms with Gasteiger partial charge in [-0.2, -0.15) is 0 Å². The van der Waals surface area contributed by atoms with Crippen LogP contribution in [0.3, 0.4) is 0 Å². The van der Waals surface area contributed by atoms with Crippen molar-refractivity contribution in [2.75, 3.05) is 5.73 Å². The van der Waals surface area contributed by atoms with E-state index in [0.717, 1.165) is 30.5 Å². The SMILES string of the molecule is CCCCc1nc2ccccn2c(=O)c1-c1ccc(N)cc1. The molecule has 0 unspecified atom stereocenters. The minimum absolute atomic E-state index is 0.0264. The van der Waals surface area contributed by atoms with Gasteiger partial charge in [-0.1, -0.05) is 31.5 Å². The quantitative estimate of drug-likeness (QED) is 0.751. The molecule has 3 aromatic rings. The molecule has 2 heterocycles. The second-order valence-corrected chi connectivity index (χ2v) is 5.39. The number of nitrogens with two attached hydrogens (primary N) is 1. The Labute approximate surface area is 129 Å². The maximum atomic E-state index is 12.9. The van der Waals surface area contributed by atoms with Gasteiger partial charge in [-0.15, -0.1) is 0 Å². The van der Waals surface area contributed by atoms with Crippen LogP contribution in [-0.4, -0.2) is 9.38 Å². The summed E-state index contributed by atoms with van der Waals surface area (Å²) in [6.45, 7) is 2.14. The number of benzene rings is 1. The van der Waals surface area contributed by atoms with E-state index in [0.29, 0.717) is 16.9 Å². The number of nitrogens with zero attached hydrogens (tertiary/aromatic N) is 2. The van der Waals surface area contributed by atoms with Crippen LogP contribution >= 0.6 is 0 Å². The molecule has 0 saturated heterocycles. The maximum Gasteiger partial charge on any atom is 0.265 e. The normalized spacial score (nSPS) is 11.0. The smallest absolute Gasteiger partial charge is 0.265 e. The first-order valence-corrected chi connectivity index (χ1v) is 7.57. The first-order valence-electron chi connectivity index (χ1n) is 7.57. The van der Waals surface area contributed by atoms with Crippen molar-refractivity contribution in [3.63, 3.8) is 0 Å². The molecule has 0 aliphatic rings. The Kier molecular flexibility index (Phi) is 3.92. The molecular formula is C18H19N3O. The molecule has 0 aliphatic heterocycles. The molecule has 0 saturated carbocycles. The summed E-state index contributed by atoms with van der Waals surface area (Å²) in [6, 6.07) is 13.0. The molecule has 2 N–H and O–H groups in total. The Hall–Kier alpha value is -2.62. The molecule has 0 radical (unpaired) electrons. The van der Waals surface area contributed by atoms with Crippen LogP contribution in [0.15, 0.2) is 53.5 Å². The second-order valence-electron chi connectivity index (χ2n) is 5.39. The van der Waals surface area contributed by atoms with E-state index in [-0.39, 0.29) is 5.56 Å². The molecular weight excluding hydrogens is 274 g/mol. The predicted octanol–water partition coefficient (Wildman–Crippen LogP) is 3.29. The van der Waals surface area contributed by atoms with E-state index in [2.05, 4.69) is 6.92 Å². The summed E-state index contributed by atoms with van der Waals surface area (Å²) in [5.74, 6) is 0. The topological polar surface area (TPSA) is 60.4 Å². The fourth-order valence-electron chi connectivity index (χ4n) is 2.60. The van der Waals surface area contributed by atoms with Crippen LogP contribution in [0, 0.1) is 0 Å². The molecule has 112 valence electrons. The van der Waals surface area contributed by atoms with E-state index in [1.165, 1.54) is 0 Å². The average Bonchev–Trinajstić information content (AvgIpc) is 2.54. The number of aromatic nitrogens is 2. The van der Waals surface area contributed by atoms with E-state index in [1.807, 2.05) is 42.5 Å². The summed E-state index contributed by atoms with van der Waals surface area (Å²) >= 11 is 0. The summed E-state index contributed by atoms with van der Waals surface area (Å²) in [5.41, 5.74) is 9.52. The molecule has 0 amide bonds. The summed E-state index contributed by atoms with van der Waals surface area (Å²) in [4.78, 5) is 17.6. The van der Waals surface area contributed by atoms with Gasteiger partial charge in [0.1, 0.15) is 5.65 Å². The van der Waals surface area contributed by atoms with Gasteiger partial charge in [0.05, 0.1) is 11.3 Å². The van der Waals surface area contributed by atoms with Crippen LogP contribution in [-0.2, 0) is 6.42 Å². The highest BCUT2D eigenvalue weighted by Crippen LogP contribution is 2.22. The third kappa shape index (κ3) is 2.60. The maximum absolute atomic E-state index is 12.9. The summed E-state index contributed by atoms with van der Waals surface area (Å²) in [7, 11) is 0. The standard InChI is InChI=1S/C18H19N3O/c1-2-3-6-15-17(13-8-10-14(19)11-9-13)18(22)21-12-5-4-7-16(21)20-15/h4-5,7-12H,2-3,6,19H2,1H3. The van der Waals surface area contributed by atoms with Crippen LogP contribution in [0.2, 0.25) is 0 Å². The fraction of sp³-hybridized carbons (Fsp3) is 0.222. The molecule has 0 fully saturated rings. The molecule has 0 spiro atoms. The zero-order chi connectivity index (χ0) is 15.5. The summed E-state index contributed by atoms with van der Waals surface area (Å²) in [5, 5.41) is 0. The van der Waals surface area contributed by atoms with Crippen molar-refractivity contribution in [1.82, 2.24) is 9.38 Å². The van der Waals surface area contributed by atoms with Gasteiger partial charge >= 0.3 is 0 Å². The number of aryl methyl sites for hydroxylation is 1. The van der Waals surface area contributed by atoms with Gasteiger partial charge in [0.15, 0.2) is 0 Å². The molecule has 0 aliphatic carbocycles. The van der Waals surface area contributed by atoms with Gasteiger partial charge in [-0.05, 0) is 42.7 Å². The van der Waals surface area contributed by atoms with E-state index in [4.69, 9.17) is 10.7 Å². The Morgan fingerprint density at radius 2 is 1.91 bits per heavy atom. The third-order valence-corrected chi connectivity index (χ3v) is 3.78. The van der Waals surface area contributed by atoms with E-state index in [9.17, 15) is 4.79 Å². The van der Waals surface area contributed by atoms with E-state index < -0.39 is 0 Å². The highest BCUT2D eigenvalue weighted by molar-refractivity contribution is 5.68. The highest BCUT2D eigenvalue weighted by Gasteiger charge is 2.14. The minimum atomic E-state index is -0.0264. The van der Waals surface area contributed by atoms with Crippen molar-refractivity contribution < 1.29 is 0 Å².